The molecule has 0 bridgehead atoms. The molecule has 2 heterocycles. The summed E-state index contributed by atoms with van der Waals surface area (Å²) >= 11 is 2.42. The predicted octanol–water partition coefficient (Wildman–Crippen LogP) is 5.84. The average molecular weight is 496 g/mol. The quantitative estimate of drug-likeness (QED) is 0.446. The first-order valence-electron chi connectivity index (χ1n) is 9.93. The van der Waals surface area contributed by atoms with Crippen molar-refractivity contribution in [3.8, 4) is 5.75 Å². The molecule has 0 amide bonds. The number of nitrogens with zero attached hydrogens (tertiary/aromatic N) is 3. The number of aromatic nitrogens is 1. The second kappa shape index (κ2) is 9.24. The van der Waals surface area contributed by atoms with Crippen molar-refractivity contribution in [2.24, 2.45) is 0 Å². The van der Waals surface area contributed by atoms with Crippen LogP contribution < -0.4 is 9.64 Å². The number of carbonyl (C=O) groups is 1. The average Bonchev–Trinajstić information content (AvgIpc) is 3.05. The number of rotatable bonds is 5. The lowest BCUT2D eigenvalue weighted by Gasteiger charge is -2.26. The van der Waals surface area contributed by atoms with Crippen LogP contribution in [0.2, 0.25) is 0 Å². The van der Waals surface area contributed by atoms with Gasteiger partial charge in [0.25, 0.3) is 0 Å². The van der Waals surface area contributed by atoms with E-state index < -0.39 is 17.7 Å². The zero-order valence-electron chi connectivity index (χ0n) is 17.7. The van der Waals surface area contributed by atoms with Gasteiger partial charge in [-0.15, -0.1) is 11.3 Å². The maximum atomic E-state index is 14.0. The summed E-state index contributed by atoms with van der Waals surface area (Å²) in [5.74, 6) is -1.59. The third-order valence-corrected chi connectivity index (χ3v) is 6.95. The number of fused-ring (bicyclic) bond motifs is 1. The molecule has 33 heavy (non-hydrogen) atoms. The summed E-state index contributed by atoms with van der Waals surface area (Å²) in [6.07, 6.45) is -4.66. The number of aryl methyl sites for hydroxylation is 1. The highest BCUT2D eigenvalue weighted by Crippen LogP contribution is 2.46. The number of likely N-dealkylation sites (N-methyl/N-ethyl adjacent to an activating group) is 1. The number of hydrogen-bond donors (Lipinski definition) is 1. The lowest BCUT2D eigenvalue weighted by atomic mass is 10.1. The van der Waals surface area contributed by atoms with E-state index in [4.69, 9.17) is 4.74 Å². The number of aromatic carboxylic acids is 1. The summed E-state index contributed by atoms with van der Waals surface area (Å²) in [5.41, 5.74) is 0.119. The minimum atomic E-state index is -4.66. The summed E-state index contributed by atoms with van der Waals surface area (Å²) in [4.78, 5) is 18.1. The maximum Gasteiger partial charge on any atom is 0.420 e. The third kappa shape index (κ3) is 5.10. The van der Waals surface area contributed by atoms with Gasteiger partial charge in [-0.05, 0) is 50.2 Å². The van der Waals surface area contributed by atoms with Gasteiger partial charge in [-0.3, -0.25) is 0 Å². The van der Waals surface area contributed by atoms with Crippen LogP contribution in [0.25, 0.3) is 0 Å². The number of benzene rings is 2. The Morgan fingerprint density at radius 2 is 1.94 bits per heavy atom. The molecule has 0 aliphatic carbocycles. The summed E-state index contributed by atoms with van der Waals surface area (Å²) in [5, 5.41) is 9.81. The molecule has 1 aliphatic heterocycles. The standard InChI is InChI=1S/C22H20F3N3O3S2/c1-13-26-20(21(29)30)19(32-13)12-31-17-11-18-16(10-15(17)22(23,24)25)28(9-8-27(2)33-18)14-6-4-3-5-7-14/h3-7,10-11H,8-9,12H2,1-2H3,(H,29,30). The van der Waals surface area contributed by atoms with Crippen molar-refractivity contribution in [3.05, 3.63) is 63.6 Å². The number of hydrogen-bond acceptors (Lipinski definition) is 7. The monoisotopic (exact) mass is 495 g/mol. The first kappa shape index (κ1) is 23.4. The Morgan fingerprint density at radius 3 is 2.61 bits per heavy atom. The number of halogens is 3. The van der Waals surface area contributed by atoms with Crippen LogP contribution in [0.5, 0.6) is 5.75 Å². The second-order valence-corrected chi connectivity index (χ2v) is 9.88. The van der Waals surface area contributed by atoms with Gasteiger partial charge in [0.15, 0.2) is 5.69 Å². The molecule has 0 fully saturated rings. The van der Waals surface area contributed by atoms with Crippen molar-refractivity contribution >= 4 is 40.6 Å². The number of alkyl halides is 3. The molecule has 1 aliphatic rings. The number of para-hydroxylation sites is 1. The molecule has 174 valence electrons. The molecular weight excluding hydrogens is 475 g/mol. The highest BCUT2D eigenvalue weighted by molar-refractivity contribution is 7.97. The Morgan fingerprint density at radius 1 is 1.21 bits per heavy atom. The van der Waals surface area contributed by atoms with E-state index in [2.05, 4.69) is 4.98 Å². The van der Waals surface area contributed by atoms with Crippen LogP contribution in [-0.4, -0.2) is 40.5 Å². The van der Waals surface area contributed by atoms with Crippen LogP contribution in [0.3, 0.4) is 0 Å². The maximum absolute atomic E-state index is 14.0. The van der Waals surface area contributed by atoms with Gasteiger partial charge in [-0.2, -0.15) is 13.2 Å². The van der Waals surface area contributed by atoms with Crippen molar-refractivity contribution in [3.63, 3.8) is 0 Å². The molecular formula is C22H20F3N3O3S2. The number of carboxylic acid groups (broad SMARTS) is 1. The normalized spacial score (nSPS) is 14.6. The smallest absolute Gasteiger partial charge is 0.420 e. The van der Waals surface area contributed by atoms with Crippen molar-refractivity contribution in [2.75, 3.05) is 25.0 Å². The molecule has 3 aromatic rings. The Labute approximate surface area is 196 Å². The summed E-state index contributed by atoms with van der Waals surface area (Å²) in [7, 11) is 1.88. The van der Waals surface area contributed by atoms with Crippen LogP contribution >= 0.6 is 23.3 Å². The lowest BCUT2D eigenvalue weighted by Crippen LogP contribution is -2.24. The van der Waals surface area contributed by atoms with Crippen molar-refractivity contribution < 1.29 is 27.8 Å². The Kier molecular flexibility index (Phi) is 6.55. The van der Waals surface area contributed by atoms with E-state index >= 15 is 0 Å². The van der Waals surface area contributed by atoms with E-state index in [9.17, 15) is 23.1 Å². The molecule has 1 N–H and O–H groups in total. The molecule has 1 aromatic heterocycles. The van der Waals surface area contributed by atoms with Gasteiger partial charge in [0, 0.05) is 18.8 Å². The van der Waals surface area contributed by atoms with Crippen LogP contribution in [0.4, 0.5) is 24.5 Å². The van der Waals surface area contributed by atoms with Crippen LogP contribution in [-0.2, 0) is 12.8 Å². The van der Waals surface area contributed by atoms with Crippen molar-refractivity contribution in [2.45, 2.75) is 24.6 Å². The fourth-order valence-corrected chi connectivity index (χ4v) is 5.28. The third-order valence-electron chi connectivity index (χ3n) is 4.98. The Hall–Kier alpha value is -2.76. The van der Waals surface area contributed by atoms with Crippen LogP contribution in [0.15, 0.2) is 47.4 Å². The largest absolute Gasteiger partial charge is 0.487 e. The molecule has 0 saturated heterocycles. The Bertz CT molecular complexity index is 1170. The number of ether oxygens (including phenoxy) is 1. The summed E-state index contributed by atoms with van der Waals surface area (Å²) in [6, 6.07) is 11.8. The molecule has 0 radical (unpaired) electrons. The molecule has 6 nitrogen and oxygen atoms in total. The van der Waals surface area contributed by atoms with Crippen LogP contribution in [0.1, 0.15) is 25.9 Å². The van der Waals surface area contributed by atoms with Gasteiger partial charge < -0.3 is 14.7 Å². The second-order valence-electron chi connectivity index (χ2n) is 7.34. The van der Waals surface area contributed by atoms with E-state index in [1.807, 2.05) is 46.6 Å². The zero-order valence-corrected chi connectivity index (χ0v) is 19.4. The molecule has 4 rings (SSSR count). The lowest BCUT2D eigenvalue weighted by molar-refractivity contribution is -0.139. The molecule has 11 heteroatoms. The van der Waals surface area contributed by atoms with Gasteiger partial charge in [0.05, 0.1) is 26.0 Å². The molecule has 0 atom stereocenters. The first-order valence-corrected chi connectivity index (χ1v) is 11.5. The summed E-state index contributed by atoms with van der Waals surface area (Å²) < 4.78 is 49.7. The van der Waals surface area contributed by atoms with Gasteiger partial charge >= 0.3 is 12.1 Å². The van der Waals surface area contributed by atoms with E-state index in [-0.39, 0.29) is 22.9 Å². The minimum Gasteiger partial charge on any atom is -0.487 e. The zero-order chi connectivity index (χ0) is 23.8. The fraction of sp³-hybridized carbons (Fsp3) is 0.273. The first-order chi connectivity index (χ1) is 15.6. The Balaban J connectivity index is 1.77. The molecule has 2 aromatic carbocycles. The highest BCUT2D eigenvalue weighted by atomic mass is 32.2. The minimum absolute atomic E-state index is 0.204. The van der Waals surface area contributed by atoms with Gasteiger partial charge in [0.2, 0.25) is 0 Å². The SMILES string of the molecule is Cc1nc(C(=O)O)c(COc2cc3c(cc2C(F)(F)F)N(c2ccccc2)CCN(C)S3)s1. The van der Waals surface area contributed by atoms with E-state index in [1.54, 1.807) is 6.92 Å². The highest BCUT2D eigenvalue weighted by Gasteiger charge is 2.37. The van der Waals surface area contributed by atoms with Gasteiger partial charge in [-0.1, -0.05) is 18.2 Å². The van der Waals surface area contributed by atoms with Crippen molar-refractivity contribution in [1.82, 2.24) is 9.29 Å². The van der Waals surface area contributed by atoms with Crippen LogP contribution in [0, 0.1) is 6.92 Å². The molecule has 0 unspecified atom stereocenters. The number of carboxylic acids is 1. The number of thiazole rings is 1. The molecule has 0 spiro atoms. The van der Waals surface area contributed by atoms with Gasteiger partial charge in [0.1, 0.15) is 12.4 Å². The molecule has 0 saturated carbocycles. The van der Waals surface area contributed by atoms with Crippen molar-refractivity contribution in [1.29, 1.82) is 0 Å². The van der Waals surface area contributed by atoms with E-state index in [1.165, 1.54) is 18.0 Å². The van der Waals surface area contributed by atoms with E-state index in [0.29, 0.717) is 28.7 Å². The summed E-state index contributed by atoms with van der Waals surface area (Å²) in [6.45, 7) is 2.46. The van der Waals surface area contributed by atoms with Gasteiger partial charge in [-0.25, -0.2) is 14.1 Å². The topological polar surface area (TPSA) is 65.9 Å². The fourth-order valence-electron chi connectivity index (χ4n) is 3.50. The number of anilines is 2. The predicted molar refractivity (Wildman–Crippen MR) is 122 cm³/mol. The van der Waals surface area contributed by atoms with E-state index in [0.717, 1.165) is 23.1 Å².